The van der Waals surface area contributed by atoms with Crippen molar-refractivity contribution in [3.05, 3.63) is 34.5 Å². The Morgan fingerprint density at radius 2 is 1.16 bits per heavy atom. The van der Waals surface area contributed by atoms with Crippen LogP contribution in [-0.4, -0.2) is 136 Å². The van der Waals surface area contributed by atoms with E-state index in [1.165, 1.54) is 0 Å². The summed E-state index contributed by atoms with van der Waals surface area (Å²) in [5, 5.41) is 121. The standard InChI is InChI=1S/C27H30O18/c28-5-12-15(34)18(37)20(39)26(41-12)44-23-11(33)4-10(32)14-17(36)25(45-27-21(40)19(38)16(35)13(6-29)42-27)22(43-24(14)23)7-1-2-8(30)9(31)3-7/h1-4,12-13,15-16,18-21,26-35,37-40H,5-6H2/t12-,13-,15-,16-,18+,19+,20-,21-,26+,27+/m1/s1. The van der Waals surface area contributed by atoms with Crippen molar-refractivity contribution in [1.29, 1.82) is 0 Å². The minimum atomic E-state index is -2.00. The van der Waals surface area contributed by atoms with Crippen LogP contribution in [0.3, 0.4) is 0 Å². The largest absolute Gasteiger partial charge is 0.507 e. The predicted octanol–water partition coefficient (Wildman–Crippen LogP) is -3.36. The van der Waals surface area contributed by atoms with Crippen LogP contribution in [0.4, 0.5) is 0 Å². The summed E-state index contributed by atoms with van der Waals surface area (Å²) in [5.74, 6) is -5.28. The van der Waals surface area contributed by atoms with Crippen molar-refractivity contribution < 1.29 is 84.6 Å². The second kappa shape index (κ2) is 12.4. The third-order valence-corrected chi connectivity index (χ3v) is 7.44. The van der Waals surface area contributed by atoms with Gasteiger partial charge >= 0.3 is 0 Å². The third kappa shape index (κ3) is 5.68. The molecule has 18 nitrogen and oxygen atoms in total. The van der Waals surface area contributed by atoms with Crippen LogP contribution < -0.4 is 14.9 Å². The highest BCUT2D eigenvalue weighted by Crippen LogP contribution is 2.45. The lowest BCUT2D eigenvalue weighted by Gasteiger charge is -2.39. The number of hydrogen-bond donors (Lipinski definition) is 12. The maximum absolute atomic E-state index is 13.9. The highest BCUT2D eigenvalue weighted by molar-refractivity contribution is 5.93. The molecule has 0 bridgehead atoms. The van der Waals surface area contributed by atoms with Gasteiger partial charge in [0.1, 0.15) is 60.0 Å². The fourth-order valence-corrected chi connectivity index (χ4v) is 4.93. The lowest BCUT2D eigenvalue weighted by Crippen LogP contribution is -2.60. The van der Waals surface area contributed by atoms with Gasteiger partial charge in [0, 0.05) is 11.6 Å². The zero-order valence-corrected chi connectivity index (χ0v) is 22.8. The number of aromatic hydroxyl groups is 4. The average molecular weight is 643 g/mol. The SMILES string of the molecule is O=c1c(O[C@@H]2O[C@H](CO)[C@@H](O)[C@H](O)[C@H]2O)c(-c2ccc(O)c(O)c2)oc2c(O[C@@H]3O[C@H](CO)[C@@H](O)[C@H](O)[C@H]3O)c(O)cc(O)c12. The minimum absolute atomic E-state index is 0.189. The molecule has 0 amide bonds. The Hall–Kier alpha value is -3.95. The molecule has 10 atom stereocenters. The van der Waals surface area contributed by atoms with Crippen molar-refractivity contribution in [3.63, 3.8) is 0 Å². The van der Waals surface area contributed by atoms with Gasteiger partial charge < -0.3 is 84.6 Å². The molecule has 2 aliphatic heterocycles. The summed E-state index contributed by atoms with van der Waals surface area (Å²) >= 11 is 0. The molecule has 45 heavy (non-hydrogen) atoms. The summed E-state index contributed by atoms with van der Waals surface area (Å²) in [6.07, 6.45) is -18.0. The lowest BCUT2D eigenvalue weighted by atomic mass is 9.99. The van der Waals surface area contributed by atoms with Crippen LogP contribution in [0.2, 0.25) is 0 Å². The van der Waals surface area contributed by atoms with E-state index in [4.69, 9.17) is 23.4 Å². The molecule has 3 heterocycles. The van der Waals surface area contributed by atoms with Crippen molar-refractivity contribution in [2.45, 2.75) is 61.4 Å². The number of phenols is 4. The van der Waals surface area contributed by atoms with Crippen molar-refractivity contribution in [1.82, 2.24) is 0 Å². The number of rotatable bonds is 7. The Bertz CT molecular complexity index is 1600. The average Bonchev–Trinajstić information content (AvgIpc) is 3.01. The summed E-state index contributed by atoms with van der Waals surface area (Å²) in [7, 11) is 0. The predicted molar refractivity (Wildman–Crippen MR) is 143 cm³/mol. The molecule has 5 rings (SSSR count). The number of phenolic OH excluding ortho intramolecular Hbond substituents is 4. The normalized spacial score (nSPS) is 32.0. The molecule has 0 unspecified atom stereocenters. The number of hydrogen-bond acceptors (Lipinski definition) is 18. The molecule has 12 N–H and O–H groups in total. The van der Waals surface area contributed by atoms with Gasteiger partial charge in [0.2, 0.25) is 29.5 Å². The highest BCUT2D eigenvalue weighted by atomic mass is 16.7. The van der Waals surface area contributed by atoms with Crippen LogP contribution in [0.1, 0.15) is 0 Å². The van der Waals surface area contributed by atoms with E-state index in [1.807, 2.05) is 0 Å². The molecule has 3 aromatic rings. The smallest absolute Gasteiger partial charge is 0.239 e. The van der Waals surface area contributed by atoms with Crippen molar-refractivity contribution >= 4 is 11.0 Å². The van der Waals surface area contributed by atoms with Gasteiger partial charge in [-0.05, 0) is 18.2 Å². The Morgan fingerprint density at radius 3 is 1.67 bits per heavy atom. The zero-order chi connectivity index (χ0) is 32.9. The zero-order valence-electron chi connectivity index (χ0n) is 22.8. The highest BCUT2D eigenvalue weighted by Gasteiger charge is 2.47. The molecule has 2 fully saturated rings. The molecular weight excluding hydrogens is 612 g/mol. The molecule has 18 heteroatoms. The molecule has 0 saturated carbocycles. The van der Waals surface area contributed by atoms with Crippen LogP contribution >= 0.6 is 0 Å². The van der Waals surface area contributed by atoms with E-state index in [2.05, 4.69) is 0 Å². The van der Waals surface area contributed by atoms with E-state index in [9.17, 15) is 66.1 Å². The quantitative estimate of drug-likeness (QED) is 0.112. The van der Waals surface area contributed by atoms with E-state index in [1.54, 1.807) is 0 Å². The van der Waals surface area contributed by atoms with Crippen LogP contribution in [0.25, 0.3) is 22.3 Å². The van der Waals surface area contributed by atoms with Gasteiger partial charge in [-0.2, -0.15) is 0 Å². The number of benzene rings is 2. The van der Waals surface area contributed by atoms with Gasteiger partial charge in [0.05, 0.1) is 13.2 Å². The van der Waals surface area contributed by atoms with Gasteiger partial charge in [-0.1, -0.05) is 0 Å². The van der Waals surface area contributed by atoms with Crippen LogP contribution in [-0.2, 0) is 9.47 Å². The summed E-state index contributed by atoms with van der Waals surface area (Å²) in [4.78, 5) is 13.9. The first-order chi connectivity index (χ1) is 21.3. The number of ether oxygens (including phenoxy) is 4. The lowest BCUT2D eigenvalue weighted by molar-refractivity contribution is -0.277. The fourth-order valence-electron chi connectivity index (χ4n) is 4.93. The summed E-state index contributed by atoms with van der Waals surface area (Å²) in [6, 6.07) is 3.69. The first-order valence-corrected chi connectivity index (χ1v) is 13.3. The van der Waals surface area contributed by atoms with Crippen molar-refractivity contribution in [2.24, 2.45) is 0 Å². The molecule has 2 aliphatic rings. The molecule has 0 spiro atoms. The second-order valence-electron chi connectivity index (χ2n) is 10.4. The maximum atomic E-state index is 13.9. The number of aliphatic hydroxyl groups excluding tert-OH is 8. The number of fused-ring (bicyclic) bond motifs is 1. The third-order valence-electron chi connectivity index (χ3n) is 7.44. The molecule has 2 aromatic carbocycles. The van der Waals surface area contributed by atoms with Gasteiger partial charge in [0.15, 0.2) is 28.6 Å². The monoisotopic (exact) mass is 642 g/mol. The molecule has 1 aromatic heterocycles. The van der Waals surface area contributed by atoms with Crippen molar-refractivity contribution in [2.75, 3.05) is 13.2 Å². The molecule has 246 valence electrons. The molecular formula is C27H30O18. The Balaban J connectivity index is 1.69. The minimum Gasteiger partial charge on any atom is -0.507 e. The Labute approximate surface area is 250 Å². The van der Waals surface area contributed by atoms with Gasteiger partial charge in [-0.3, -0.25) is 4.79 Å². The van der Waals surface area contributed by atoms with Crippen LogP contribution in [0.5, 0.6) is 34.5 Å². The first-order valence-electron chi connectivity index (χ1n) is 13.3. The molecule has 0 radical (unpaired) electrons. The molecule has 2 saturated heterocycles. The van der Waals surface area contributed by atoms with Gasteiger partial charge in [-0.25, -0.2) is 0 Å². The molecule has 0 aliphatic carbocycles. The summed E-state index contributed by atoms with van der Waals surface area (Å²) in [5.41, 5.74) is -2.14. The van der Waals surface area contributed by atoms with Crippen molar-refractivity contribution in [3.8, 4) is 45.8 Å². The van der Waals surface area contributed by atoms with E-state index in [0.29, 0.717) is 6.07 Å². The van der Waals surface area contributed by atoms with E-state index < -0.39 is 131 Å². The van der Waals surface area contributed by atoms with Gasteiger partial charge in [-0.15, -0.1) is 0 Å². The topological polar surface area (TPSA) is 310 Å². The summed E-state index contributed by atoms with van der Waals surface area (Å²) in [6.45, 7) is -1.66. The second-order valence-corrected chi connectivity index (χ2v) is 10.4. The van der Waals surface area contributed by atoms with Crippen LogP contribution in [0.15, 0.2) is 33.5 Å². The van der Waals surface area contributed by atoms with E-state index in [-0.39, 0.29) is 5.56 Å². The van der Waals surface area contributed by atoms with E-state index >= 15 is 0 Å². The first kappa shape index (κ1) is 32.4. The Kier molecular flexibility index (Phi) is 8.97. The fraction of sp³-hybridized carbons (Fsp3) is 0.444. The summed E-state index contributed by atoms with van der Waals surface area (Å²) < 4.78 is 27.6. The van der Waals surface area contributed by atoms with E-state index in [0.717, 1.165) is 18.2 Å². The number of aliphatic hydroxyl groups is 8. The van der Waals surface area contributed by atoms with Crippen LogP contribution in [0, 0.1) is 0 Å². The Morgan fingerprint density at radius 1 is 0.622 bits per heavy atom. The van der Waals surface area contributed by atoms with Gasteiger partial charge in [0.25, 0.3) is 0 Å². The maximum Gasteiger partial charge on any atom is 0.239 e.